The van der Waals surface area contributed by atoms with Gasteiger partial charge in [0.2, 0.25) is 0 Å². The number of benzene rings is 2. The van der Waals surface area contributed by atoms with Crippen molar-refractivity contribution in [2.45, 2.75) is 31.1 Å². The molecule has 30 heavy (non-hydrogen) atoms. The monoisotopic (exact) mass is 420 g/mol. The molecule has 0 bridgehead atoms. The molecule has 1 N–H and O–H groups in total. The second-order valence-electron chi connectivity index (χ2n) is 7.54. The Balaban J connectivity index is 1.66. The summed E-state index contributed by atoms with van der Waals surface area (Å²) in [6, 6.07) is 15.4. The summed E-state index contributed by atoms with van der Waals surface area (Å²) >= 11 is 1.09. The number of carbonyl (C=O) groups is 2. The van der Waals surface area contributed by atoms with Gasteiger partial charge in [-0.2, -0.15) is 5.10 Å². The lowest BCUT2D eigenvalue weighted by atomic mass is 10.1. The number of aryl methyl sites for hydroxylation is 1. The number of nitrogens with one attached hydrogen (secondary N) is 1. The Bertz CT molecular complexity index is 1120. The van der Waals surface area contributed by atoms with Gasteiger partial charge in [-0.3, -0.25) is 9.59 Å². The van der Waals surface area contributed by atoms with E-state index in [2.05, 4.69) is 5.32 Å². The number of aromatic nitrogens is 2. The van der Waals surface area contributed by atoms with Crippen LogP contribution in [0.2, 0.25) is 0 Å². The molecule has 3 aromatic rings. The van der Waals surface area contributed by atoms with Gasteiger partial charge in [-0.1, -0.05) is 30.3 Å². The van der Waals surface area contributed by atoms with Crippen molar-refractivity contribution in [3.63, 3.8) is 0 Å². The van der Waals surface area contributed by atoms with E-state index in [-0.39, 0.29) is 11.1 Å². The Labute approximate surface area is 180 Å². The van der Waals surface area contributed by atoms with Gasteiger partial charge in [-0.05, 0) is 61.7 Å². The summed E-state index contributed by atoms with van der Waals surface area (Å²) in [7, 11) is 3.41. The van der Waals surface area contributed by atoms with E-state index in [1.165, 1.54) is 4.90 Å². The number of thioether (sulfide) groups is 1. The smallest absolute Gasteiger partial charge is 0.286 e. The SMILES string of the molecule is Cc1ccccc1-n1nc(C(=O)Nc2ccccc2SC(=O)N(C)C)c2c1CCC2. The zero-order valence-electron chi connectivity index (χ0n) is 17.3. The molecule has 2 aromatic carbocycles. The normalized spacial score (nSPS) is 12.5. The van der Waals surface area contributed by atoms with Crippen LogP contribution in [0.3, 0.4) is 0 Å². The number of anilines is 1. The average molecular weight is 421 g/mol. The number of hydrogen-bond acceptors (Lipinski definition) is 4. The van der Waals surface area contributed by atoms with Crippen molar-refractivity contribution >= 4 is 28.6 Å². The van der Waals surface area contributed by atoms with Crippen molar-refractivity contribution < 1.29 is 9.59 Å². The Morgan fingerprint density at radius 3 is 2.57 bits per heavy atom. The number of carbonyl (C=O) groups excluding carboxylic acids is 2. The molecule has 1 aromatic heterocycles. The minimum Gasteiger partial charge on any atom is -0.339 e. The van der Waals surface area contributed by atoms with Gasteiger partial charge in [0.15, 0.2) is 5.69 Å². The van der Waals surface area contributed by atoms with Crippen molar-refractivity contribution in [3.05, 3.63) is 71.0 Å². The highest BCUT2D eigenvalue weighted by Gasteiger charge is 2.27. The first-order valence-corrected chi connectivity index (χ1v) is 10.7. The molecule has 1 heterocycles. The molecule has 7 heteroatoms. The third kappa shape index (κ3) is 3.85. The van der Waals surface area contributed by atoms with Crippen LogP contribution >= 0.6 is 11.8 Å². The lowest BCUT2D eigenvalue weighted by molar-refractivity contribution is 0.102. The van der Waals surface area contributed by atoms with Crippen LogP contribution in [0, 0.1) is 6.92 Å². The van der Waals surface area contributed by atoms with Crippen LogP contribution in [-0.2, 0) is 12.8 Å². The molecule has 0 aliphatic heterocycles. The zero-order valence-corrected chi connectivity index (χ0v) is 18.1. The first-order chi connectivity index (χ1) is 14.5. The lowest BCUT2D eigenvalue weighted by Gasteiger charge is -2.13. The lowest BCUT2D eigenvalue weighted by Crippen LogP contribution is -2.18. The molecule has 154 valence electrons. The van der Waals surface area contributed by atoms with Crippen LogP contribution in [0.25, 0.3) is 5.69 Å². The molecule has 1 aliphatic rings. The third-order valence-corrected chi connectivity index (χ3v) is 6.30. The maximum absolute atomic E-state index is 13.2. The molecule has 6 nitrogen and oxygen atoms in total. The number of para-hydroxylation sites is 2. The van der Waals surface area contributed by atoms with Gasteiger partial charge in [0.05, 0.1) is 11.4 Å². The van der Waals surface area contributed by atoms with Crippen LogP contribution in [0.4, 0.5) is 10.5 Å². The fraction of sp³-hybridized carbons (Fsp3) is 0.261. The second kappa shape index (κ2) is 8.36. The molecular weight excluding hydrogens is 396 g/mol. The third-order valence-electron chi connectivity index (χ3n) is 5.19. The van der Waals surface area contributed by atoms with E-state index in [1.807, 2.05) is 60.1 Å². The Morgan fingerprint density at radius 1 is 1.07 bits per heavy atom. The zero-order chi connectivity index (χ0) is 21.3. The number of nitrogens with zero attached hydrogens (tertiary/aromatic N) is 3. The molecule has 0 unspecified atom stereocenters. The summed E-state index contributed by atoms with van der Waals surface area (Å²) in [6.45, 7) is 2.05. The highest BCUT2D eigenvalue weighted by Crippen LogP contribution is 2.31. The summed E-state index contributed by atoms with van der Waals surface area (Å²) in [5.41, 5.74) is 5.32. The van der Waals surface area contributed by atoms with Crippen molar-refractivity contribution in [2.24, 2.45) is 0 Å². The van der Waals surface area contributed by atoms with E-state index < -0.39 is 0 Å². The summed E-state index contributed by atoms with van der Waals surface area (Å²) in [5.74, 6) is -0.245. The van der Waals surface area contributed by atoms with E-state index >= 15 is 0 Å². The number of hydrogen-bond donors (Lipinski definition) is 1. The molecule has 0 spiro atoms. The molecule has 2 amide bonds. The fourth-order valence-corrected chi connectivity index (χ4v) is 4.39. The number of amides is 2. The van der Waals surface area contributed by atoms with Crippen LogP contribution in [0.5, 0.6) is 0 Å². The molecule has 0 saturated carbocycles. The summed E-state index contributed by atoms with van der Waals surface area (Å²) in [4.78, 5) is 27.5. The van der Waals surface area contributed by atoms with E-state index in [0.29, 0.717) is 16.3 Å². The minimum absolute atomic E-state index is 0.0959. The molecule has 4 rings (SSSR count). The Morgan fingerprint density at radius 2 is 1.80 bits per heavy atom. The number of fused-ring (bicyclic) bond motifs is 1. The topological polar surface area (TPSA) is 67.2 Å². The second-order valence-corrected chi connectivity index (χ2v) is 8.53. The first-order valence-electron chi connectivity index (χ1n) is 9.92. The van der Waals surface area contributed by atoms with Crippen LogP contribution < -0.4 is 5.32 Å². The molecule has 0 atom stereocenters. The van der Waals surface area contributed by atoms with E-state index in [0.717, 1.165) is 53.5 Å². The highest BCUT2D eigenvalue weighted by atomic mass is 32.2. The van der Waals surface area contributed by atoms with Gasteiger partial charge in [-0.25, -0.2) is 4.68 Å². The fourth-order valence-electron chi connectivity index (χ4n) is 3.65. The average Bonchev–Trinajstić information content (AvgIpc) is 3.32. The van der Waals surface area contributed by atoms with Crippen molar-refractivity contribution in [2.75, 3.05) is 19.4 Å². The summed E-state index contributed by atoms with van der Waals surface area (Å²) < 4.78 is 1.92. The van der Waals surface area contributed by atoms with E-state index in [1.54, 1.807) is 14.1 Å². The van der Waals surface area contributed by atoms with Crippen molar-refractivity contribution in [1.29, 1.82) is 0 Å². The number of rotatable bonds is 4. The molecule has 0 radical (unpaired) electrons. The molecular formula is C23H24N4O2S. The van der Waals surface area contributed by atoms with Crippen LogP contribution in [-0.4, -0.2) is 39.9 Å². The first kappa shape index (κ1) is 20.2. The molecule has 0 saturated heterocycles. The summed E-state index contributed by atoms with van der Waals surface area (Å²) in [5, 5.41) is 7.58. The van der Waals surface area contributed by atoms with Gasteiger partial charge >= 0.3 is 0 Å². The largest absolute Gasteiger partial charge is 0.339 e. The van der Waals surface area contributed by atoms with Crippen LogP contribution in [0.1, 0.15) is 33.7 Å². The highest BCUT2D eigenvalue weighted by molar-refractivity contribution is 8.13. The Hall–Kier alpha value is -3.06. The van der Waals surface area contributed by atoms with Gasteiger partial charge in [0.1, 0.15) is 0 Å². The Kier molecular flexibility index (Phi) is 5.63. The maximum atomic E-state index is 13.2. The van der Waals surface area contributed by atoms with Gasteiger partial charge in [0, 0.05) is 30.2 Å². The van der Waals surface area contributed by atoms with Crippen LogP contribution in [0.15, 0.2) is 53.4 Å². The quantitative estimate of drug-likeness (QED) is 0.622. The summed E-state index contributed by atoms with van der Waals surface area (Å²) in [6.07, 6.45) is 2.77. The molecule has 1 aliphatic carbocycles. The van der Waals surface area contributed by atoms with Gasteiger partial charge < -0.3 is 10.2 Å². The van der Waals surface area contributed by atoms with Crippen molar-refractivity contribution in [3.8, 4) is 5.69 Å². The maximum Gasteiger partial charge on any atom is 0.286 e. The predicted molar refractivity (Wildman–Crippen MR) is 120 cm³/mol. The van der Waals surface area contributed by atoms with Crippen molar-refractivity contribution in [1.82, 2.24) is 14.7 Å². The minimum atomic E-state index is -0.245. The van der Waals surface area contributed by atoms with E-state index in [9.17, 15) is 9.59 Å². The van der Waals surface area contributed by atoms with E-state index in [4.69, 9.17) is 5.10 Å². The predicted octanol–water partition coefficient (Wildman–Crippen LogP) is 4.70. The van der Waals surface area contributed by atoms with Gasteiger partial charge in [0.25, 0.3) is 11.1 Å². The molecule has 0 fully saturated rings. The van der Waals surface area contributed by atoms with Gasteiger partial charge in [-0.15, -0.1) is 0 Å². The standard InChI is InChI=1S/C23H24N4O2S/c1-15-9-4-6-12-18(15)27-19-13-8-10-16(19)21(25-27)22(28)24-17-11-5-7-14-20(17)30-23(29)26(2)3/h4-7,9,11-12,14H,8,10,13H2,1-3H3,(H,24,28).